The molecule has 1 atom stereocenters. The van der Waals surface area contributed by atoms with Gasteiger partial charge in [0, 0.05) is 29.1 Å². The maximum absolute atomic E-state index is 12.6. The third-order valence-electron chi connectivity index (χ3n) is 3.08. The van der Waals surface area contributed by atoms with E-state index in [1.165, 1.54) is 4.31 Å². The van der Waals surface area contributed by atoms with Crippen molar-refractivity contribution < 1.29 is 13.2 Å². The van der Waals surface area contributed by atoms with Crippen molar-refractivity contribution in [3.8, 4) is 0 Å². The second-order valence-electron chi connectivity index (χ2n) is 4.32. The van der Waals surface area contributed by atoms with E-state index in [2.05, 4.69) is 31.9 Å². The van der Waals surface area contributed by atoms with E-state index in [1.54, 1.807) is 19.2 Å². The molecule has 0 saturated carbocycles. The van der Waals surface area contributed by atoms with Gasteiger partial charge in [0.15, 0.2) is 0 Å². The molecule has 0 bridgehead atoms. The Balaban J connectivity index is 2.41. The Hall–Kier alpha value is -0.150. The minimum Gasteiger partial charge on any atom is -0.398 e. The molecule has 1 fully saturated rings. The quantitative estimate of drug-likeness (QED) is 0.771. The first kappa shape index (κ1) is 15.2. The number of hydrogen-bond donors (Lipinski definition) is 1. The van der Waals surface area contributed by atoms with Crippen molar-refractivity contribution in [2.24, 2.45) is 0 Å². The van der Waals surface area contributed by atoms with Crippen molar-refractivity contribution in [3.63, 3.8) is 0 Å². The molecule has 0 amide bonds. The normalized spacial score (nSPS) is 20.9. The Morgan fingerprint density at radius 3 is 2.63 bits per heavy atom. The summed E-state index contributed by atoms with van der Waals surface area (Å²) >= 11 is 6.55. The zero-order valence-corrected chi connectivity index (χ0v) is 14.3. The lowest BCUT2D eigenvalue weighted by Gasteiger charge is -2.18. The molecule has 106 valence electrons. The molecule has 1 aliphatic rings. The lowest BCUT2D eigenvalue weighted by Crippen LogP contribution is -2.31. The van der Waals surface area contributed by atoms with Crippen LogP contribution in [0.3, 0.4) is 0 Å². The van der Waals surface area contributed by atoms with Crippen LogP contribution in [0.5, 0.6) is 0 Å². The minimum atomic E-state index is -3.60. The van der Waals surface area contributed by atoms with Gasteiger partial charge in [0.05, 0.1) is 11.8 Å². The summed E-state index contributed by atoms with van der Waals surface area (Å²) in [5.74, 6) is 0. The zero-order chi connectivity index (χ0) is 14.2. The molecule has 5 nitrogen and oxygen atoms in total. The zero-order valence-electron chi connectivity index (χ0n) is 10.3. The fourth-order valence-corrected chi connectivity index (χ4v) is 5.59. The highest BCUT2D eigenvalue weighted by atomic mass is 79.9. The van der Waals surface area contributed by atoms with Gasteiger partial charge in [-0.25, -0.2) is 8.42 Å². The van der Waals surface area contributed by atoms with Crippen LogP contribution in [0.4, 0.5) is 5.69 Å². The SMILES string of the molecule is COC1CCN(S(=O)(=O)c2c(N)cc(Br)cc2Br)C1. The highest BCUT2D eigenvalue weighted by Crippen LogP contribution is 2.34. The molecule has 2 rings (SSSR count). The van der Waals surface area contributed by atoms with E-state index in [-0.39, 0.29) is 16.7 Å². The number of hydrogen-bond acceptors (Lipinski definition) is 4. The summed E-state index contributed by atoms with van der Waals surface area (Å²) in [6.07, 6.45) is 0.647. The van der Waals surface area contributed by atoms with Gasteiger partial charge in [0.25, 0.3) is 0 Å². The smallest absolute Gasteiger partial charge is 0.246 e. The summed E-state index contributed by atoms with van der Waals surface area (Å²) in [6.45, 7) is 0.809. The fourth-order valence-electron chi connectivity index (χ4n) is 2.09. The van der Waals surface area contributed by atoms with Crippen molar-refractivity contribution in [1.29, 1.82) is 0 Å². The van der Waals surface area contributed by atoms with E-state index in [0.29, 0.717) is 24.0 Å². The molecule has 1 aromatic carbocycles. The van der Waals surface area contributed by atoms with E-state index < -0.39 is 10.0 Å². The molecule has 1 aliphatic heterocycles. The number of benzene rings is 1. The number of halogens is 2. The summed E-state index contributed by atoms with van der Waals surface area (Å²) in [6, 6.07) is 3.26. The van der Waals surface area contributed by atoms with Gasteiger partial charge in [0.1, 0.15) is 4.90 Å². The molecule has 1 heterocycles. The third kappa shape index (κ3) is 2.97. The predicted molar refractivity (Wildman–Crippen MR) is 80.4 cm³/mol. The monoisotopic (exact) mass is 412 g/mol. The fraction of sp³-hybridized carbons (Fsp3) is 0.455. The molecule has 0 radical (unpaired) electrons. The van der Waals surface area contributed by atoms with Crippen molar-refractivity contribution in [2.45, 2.75) is 17.4 Å². The molecule has 1 aromatic rings. The molecule has 1 unspecified atom stereocenters. The molecular weight excluding hydrogens is 400 g/mol. The van der Waals surface area contributed by atoms with Crippen LogP contribution in [0.15, 0.2) is 26.0 Å². The number of methoxy groups -OCH3 is 1. The average molecular weight is 414 g/mol. The lowest BCUT2D eigenvalue weighted by atomic mass is 10.3. The summed E-state index contributed by atoms with van der Waals surface area (Å²) in [7, 11) is -2.01. The van der Waals surface area contributed by atoms with E-state index in [0.717, 1.165) is 4.47 Å². The number of ether oxygens (including phenoxy) is 1. The summed E-state index contributed by atoms with van der Waals surface area (Å²) in [5.41, 5.74) is 6.07. The third-order valence-corrected chi connectivity index (χ3v) is 6.40. The van der Waals surface area contributed by atoms with Crippen LogP contribution in [0.2, 0.25) is 0 Å². The molecular formula is C11H14Br2N2O3S. The van der Waals surface area contributed by atoms with Crippen molar-refractivity contribution in [3.05, 3.63) is 21.1 Å². The summed E-state index contributed by atoms with van der Waals surface area (Å²) < 4.78 is 33.0. The van der Waals surface area contributed by atoms with Crippen LogP contribution < -0.4 is 5.73 Å². The molecule has 19 heavy (non-hydrogen) atoms. The first-order valence-corrected chi connectivity index (χ1v) is 8.66. The molecule has 0 spiro atoms. The average Bonchev–Trinajstić information content (AvgIpc) is 2.75. The van der Waals surface area contributed by atoms with Crippen LogP contribution in [-0.4, -0.2) is 39.0 Å². The maximum Gasteiger partial charge on any atom is 0.246 e. The highest BCUT2D eigenvalue weighted by Gasteiger charge is 2.35. The van der Waals surface area contributed by atoms with Crippen LogP contribution in [0.1, 0.15) is 6.42 Å². The van der Waals surface area contributed by atoms with Gasteiger partial charge in [-0.1, -0.05) is 15.9 Å². The standard InChI is InChI=1S/C11H14Br2N2O3S/c1-18-8-2-3-15(6-8)19(16,17)11-9(13)4-7(12)5-10(11)14/h4-5,8H,2-3,6,14H2,1H3. The topological polar surface area (TPSA) is 72.6 Å². The van der Waals surface area contributed by atoms with Crippen LogP contribution >= 0.6 is 31.9 Å². The maximum atomic E-state index is 12.6. The van der Waals surface area contributed by atoms with Gasteiger partial charge in [-0.2, -0.15) is 4.31 Å². The summed E-state index contributed by atoms with van der Waals surface area (Å²) in [4.78, 5) is 0.118. The number of nitrogens with zero attached hydrogens (tertiary/aromatic N) is 1. The van der Waals surface area contributed by atoms with Crippen molar-refractivity contribution >= 4 is 47.6 Å². The van der Waals surface area contributed by atoms with Gasteiger partial charge in [-0.15, -0.1) is 0 Å². The number of sulfonamides is 1. The van der Waals surface area contributed by atoms with Crippen LogP contribution in [0.25, 0.3) is 0 Å². The van der Waals surface area contributed by atoms with Crippen LogP contribution in [-0.2, 0) is 14.8 Å². The van der Waals surface area contributed by atoms with Gasteiger partial charge in [-0.05, 0) is 34.5 Å². The Labute approximate surface area is 129 Å². The number of rotatable bonds is 3. The largest absolute Gasteiger partial charge is 0.398 e. The number of anilines is 1. The Bertz CT molecular complexity index is 569. The molecule has 2 N–H and O–H groups in total. The molecule has 0 aromatic heterocycles. The molecule has 8 heteroatoms. The van der Waals surface area contributed by atoms with E-state index >= 15 is 0 Å². The van der Waals surface area contributed by atoms with E-state index in [4.69, 9.17) is 10.5 Å². The van der Waals surface area contributed by atoms with Gasteiger partial charge >= 0.3 is 0 Å². The Morgan fingerprint density at radius 2 is 2.11 bits per heavy atom. The first-order valence-electron chi connectivity index (χ1n) is 5.63. The van der Waals surface area contributed by atoms with Crippen molar-refractivity contribution in [2.75, 3.05) is 25.9 Å². The van der Waals surface area contributed by atoms with Crippen LogP contribution in [0, 0.1) is 0 Å². The molecule has 1 saturated heterocycles. The second kappa shape index (κ2) is 5.69. The van der Waals surface area contributed by atoms with Crippen molar-refractivity contribution in [1.82, 2.24) is 4.31 Å². The lowest BCUT2D eigenvalue weighted by molar-refractivity contribution is 0.115. The number of nitrogen functional groups attached to an aromatic ring is 1. The van der Waals surface area contributed by atoms with Gasteiger partial charge in [0.2, 0.25) is 10.0 Å². The minimum absolute atomic E-state index is 0.0507. The van der Waals surface area contributed by atoms with Gasteiger partial charge < -0.3 is 10.5 Å². The molecule has 0 aliphatic carbocycles. The highest BCUT2D eigenvalue weighted by molar-refractivity contribution is 9.11. The predicted octanol–water partition coefficient (Wildman–Crippen LogP) is 2.20. The number of nitrogens with two attached hydrogens (primary N) is 1. The Kier molecular flexibility index (Phi) is 4.56. The first-order chi connectivity index (χ1) is 8.86. The second-order valence-corrected chi connectivity index (χ2v) is 7.96. The Morgan fingerprint density at radius 1 is 1.42 bits per heavy atom. The van der Waals surface area contributed by atoms with E-state index in [1.807, 2.05) is 0 Å². The van der Waals surface area contributed by atoms with E-state index in [9.17, 15) is 8.42 Å². The van der Waals surface area contributed by atoms with Gasteiger partial charge in [-0.3, -0.25) is 0 Å². The summed E-state index contributed by atoms with van der Waals surface area (Å²) in [5, 5.41) is 0.